The van der Waals surface area contributed by atoms with Gasteiger partial charge in [0.1, 0.15) is 5.82 Å². The van der Waals surface area contributed by atoms with Crippen molar-refractivity contribution in [3.8, 4) is 11.3 Å². The number of aromatic nitrogens is 2. The molecule has 1 aromatic heterocycles. The van der Waals surface area contributed by atoms with Gasteiger partial charge in [0.05, 0.1) is 5.69 Å². The summed E-state index contributed by atoms with van der Waals surface area (Å²) in [5.74, 6) is 1.85. The van der Waals surface area contributed by atoms with Crippen LogP contribution in [0, 0.1) is 5.92 Å². The van der Waals surface area contributed by atoms with Gasteiger partial charge in [0.15, 0.2) is 0 Å². The first-order chi connectivity index (χ1) is 12.0. The van der Waals surface area contributed by atoms with Gasteiger partial charge in [0.2, 0.25) is 0 Å². The second kappa shape index (κ2) is 7.71. The highest BCUT2D eigenvalue weighted by Crippen LogP contribution is 2.29. The van der Waals surface area contributed by atoms with E-state index in [2.05, 4.69) is 55.8 Å². The van der Waals surface area contributed by atoms with Crippen molar-refractivity contribution >= 4 is 0 Å². The van der Waals surface area contributed by atoms with Gasteiger partial charge in [-0.2, -0.15) is 0 Å². The summed E-state index contributed by atoms with van der Waals surface area (Å²) in [7, 11) is 0. The van der Waals surface area contributed by atoms with Crippen LogP contribution < -0.4 is 5.73 Å². The second-order valence-corrected chi connectivity index (χ2v) is 8.15. The lowest BCUT2D eigenvalue weighted by Gasteiger charge is -2.25. The number of imidazole rings is 1. The van der Waals surface area contributed by atoms with Gasteiger partial charge in [-0.1, -0.05) is 39.0 Å². The number of nitrogens with zero attached hydrogens (tertiary/aromatic N) is 2. The molecule has 136 valence electrons. The lowest BCUT2D eigenvalue weighted by Crippen LogP contribution is -2.24. The first-order valence-electron chi connectivity index (χ1n) is 9.42. The molecular weight excluding hydrogens is 310 g/mol. The maximum absolute atomic E-state index is 5.71. The zero-order valence-electron chi connectivity index (χ0n) is 15.8. The molecule has 1 fully saturated rings. The van der Waals surface area contributed by atoms with E-state index in [1.54, 1.807) is 0 Å². The smallest absolute Gasteiger partial charge is 0.114 e. The molecule has 0 amide bonds. The maximum atomic E-state index is 5.71. The van der Waals surface area contributed by atoms with Crippen molar-refractivity contribution in [1.29, 1.82) is 0 Å². The Morgan fingerprint density at radius 1 is 1.24 bits per heavy atom. The monoisotopic (exact) mass is 341 g/mol. The molecule has 4 nitrogen and oxygen atoms in total. The van der Waals surface area contributed by atoms with Gasteiger partial charge in [0.25, 0.3) is 0 Å². The summed E-state index contributed by atoms with van der Waals surface area (Å²) in [4.78, 5) is 5.02. The van der Waals surface area contributed by atoms with Crippen LogP contribution in [-0.2, 0) is 23.1 Å². The quantitative estimate of drug-likeness (QED) is 0.900. The molecule has 0 atom stereocenters. The van der Waals surface area contributed by atoms with Crippen molar-refractivity contribution in [3.05, 3.63) is 41.9 Å². The largest absolute Gasteiger partial charge is 0.381 e. The van der Waals surface area contributed by atoms with Crippen LogP contribution >= 0.6 is 0 Å². The minimum Gasteiger partial charge on any atom is -0.381 e. The molecule has 25 heavy (non-hydrogen) atoms. The normalized spacial score (nSPS) is 16.3. The second-order valence-electron chi connectivity index (χ2n) is 8.15. The fraction of sp³-hybridized carbons (Fsp3) is 0.571. The summed E-state index contributed by atoms with van der Waals surface area (Å²) in [5, 5.41) is 0. The SMILES string of the molecule is CC(C)(C)c1nc(-c2cccc(CCN)c2)cn1CC1CCOCC1. The summed E-state index contributed by atoms with van der Waals surface area (Å²) in [6, 6.07) is 8.61. The Morgan fingerprint density at radius 3 is 2.68 bits per heavy atom. The standard InChI is InChI=1S/C21H31N3O/c1-21(2,3)20-23-19(18-6-4-5-16(13-18)7-10-22)15-24(20)14-17-8-11-25-12-9-17/h4-6,13,15,17H,7-12,14,22H2,1-3H3. The van der Waals surface area contributed by atoms with Crippen molar-refractivity contribution in [2.75, 3.05) is 19.8 Å². The van der Waals surface area contributed by atoms with E-state index < -0.39 is 0 Å². The van der Waals surface area contributed by atoms with Gasteiger partial charge in [-0.25, -0.2) is 4.98 Å². The molecule has 1 saturated heterocycles. The number of rotatable bonds is 5. The molecule has 0 saturated carbocycles. The fourth-order valence-electron chi connectivity index (χ4n) is 3.55. The number of nitrogens with two attached hydrogens (primary N) is 1. The minimum absolute atomic E-state index is 0.0261. The number of hydrogen-bond acceptors (Lipinski definition) is 3. The van der Waals surface area contributed by atoms with E-state index in [9.17, 15) is 0 Å². The molecule has 0 radical (unpaired) electrons. The number of benzene rings is 1. The van der Waals surface area contributed by atoms with Gasteiger partial charge >= 0.3 is 0 Å². The van der Waals surface area contributed by atoms with E-state index in [0.29, 0.717) is 12.5 Å². The average molecular weight is 341 g/mol. The predicted octanol–water partition coefficient (Wildman–Crippen LogP) is 3.78. The predicted molar refractivity (Wildman–Crippen MR) is 103 cm³/mol. The summed E-state index contributed by atoms with van der Waals surface area (Å²) < 4.78 is 7.89. The molecule has 0 spiro atoms. The Hall–Kier alpha value is -1.65. The van der Waals surface area contributed by atoms with Crippen molar-refractivity contribution in [2.45, 2.75) is 52.0 Å². The fourth-order valence-corrected chi connectivity index (χ4v) is 3.55. The Morgan fingerprint density at radius 2 is 2.00 bits per heavy atom. The van der Waals surface area contributed by atoms with Gasteiger partial charge < -0.3 is 15.0 Å². The molecule has 0 bridgehead atoms. The van der Waals surface area contributed by atoms with Crippen molar-refractivity contribution in [1.82, 2.24) is 9.55 Å². The topological polar surface area (TPSA) is 53.1 Å². The highest BCUT2D eigenvalue weighted by molar-refractivity contribution is 5.60. The summed E-state index contributed by atoms with van der Waals surface area (Å²) in [6.45, 7) is 10.2. The van der Waals surface area contributed by atoms with Gasteiger partial charge in [-0.15, -0.1) is 0 Å². The molecule has 1 aliphatic heterocycles. The average Bonchev–Trinajstić information content (AvgIpc) is 3.01. The Kier molecular flexibility index (Phi) is 5.60. The molecule has 2 aromatic rings. The van der Waals surface area contributed by atoms with E-state index in [0.717, 1.165) is 44.7 Å². The molecule has 2 heterocycles. The zero-order valence-corrected chi connectivity index (χ0v) is 15.8. The van der Waals surface area contributed by atoms with Crippen molar-refractivity contribution in [2.24, 2.45) is 11.7 Å². The zero-order chi connectivity index (χ0) is 17.9. The maximum Gasteiger partial charge on any atom is 0.114 e. The van der Waals surface area contributed by atoms with Crippen molar-refractivity contribution < 1.29 is 4.74 Å². The van der Waals surface area contributed by atoms with Crippen LogP contribution in [0.2, 0.25) is 0 Å². The lowest BCUT2D eigenvalue weighted by atomic mass is 9.94. The first-order valence-corrected chi connectivity index (χ1v) is 9.42. The first kappa shape index (κ1) is 18.2. The van der Waals surface area contributed by atoms with Crippen LogP contribution in [0.5, 0.6) is 0 Å². The van der Waals surface area contributed by atoms with Gasteiger partial charge in [0, 0.05) is 36.9 Å². The minimum atomic E-state index is 0.0261. The summed E-state index contributed by atoms with van der Waals surface area (Å²) in [6.07, 6.45) is 5.42. The van der Waals surface area contributed by atoms with Crippen LogP contribution in [0.15, 0.2) is 30.5 Å². The highest BCUT2D eigenvalue weighted by atomic mass is 16.5. The number of hydrogen-bond donors (Lipinski definition) is 1. The summed E-state index contributed by atoms with van der Waals surface area (Å²) >= 11 is 0. The molecule has 0 unspecified atom stereocenters. The van der Waals surface area contributed by atoms with E-state index in [4.69, 9.17) is 15.5 Å². The van der Waals surface area contributed by atoms with Crippen molar-refractivity contribution in [3.63, 3.8) is 0 Å². The Bertz CT molecular complexity index is 693. The summed E-state index contributed by atoms with van der Waals surface area (Å²) in [5.41, 5.74) is 9.26. The third kappa shape index (κ3) is 4.50. The van der Waals surface area contributed by atoms with E-state index in [1.807, 2.05) is 0 Å². The van der Waals surface area contributed by atoms with E-state index in [1.165, 1.54) is 17.0 Å². The third-order valence-electron chi connectivity index (χ3n) is 4.90. The van der Waals surface area contributed by atoms with Gasteiger partial charge in [-0.3, -0.25) is 0 Å². The van der Waals surface area contributed by atoms with Crippen LogP contribution in [0.3, 0.4) is 0 Å². The molecule has 3 rings (SSSR count). The van der Waals surface area contributed by atoms with Crippen LogP contribution in [0.4, 0.5) is 0 Å². The van der Waals surface area contributed by atoms with Crippen LogP contribution in [0.1, 0.15) is 45.0 Å². The molecule has 1 aromatic carbocycles. The Balaban J connectivity index is 1.91. The lowest BCUT2D eigenvalue weighted by molar-refractivity contribution is 0.0608. The highest BCUT2D eigenvalue weighted by Gasteiger charge is 2.24. The molecule has 1 aliphatic rings. The molecular formula is C21H31N3O. The Labute approximate surface area is 151 Å². The van der Waals surface area contributed by atoms with Crippen LogP contribution in [-0.4, -0.2) is 29.3 Å². The molecule has 0 aliphatic carbocycles. The van der Waals surface area contributed by atoms with Crippen LogP contribution in [0.25, 0.3) is 11.3 Å². The number of ether oxygens (including phenoxy) is 1. The van der Waals surface area contributed by atoms with E-state index in [-0.39, 0.29) is 5.41 Å². The third-order valence-corrected chi connectivity index (χ3v) is 4.90. The van der Waals surface area contributed by atoms with E-state index >= 15 is 0 Å². The molecule has 4 heteroatoms. The van der Waals surface area contributed by atoms with Gasteiger partial charge in [-0.05, 0) is 43.4 Å². The molecule has 2 N–H and O–H groups in total.